The molecule has 1 aromatic rings. The molecule has 2 rings (SSSR count). The van der Waals surface area contributed by atoms with Crippen LogP contribution in [0.2, 0.25) is 0 Å². The van der Waals surface area contributed by atoms with Gasteiger partial charge in [-0.15, -0.1) is 0 Å². The molecule has 3 heteroatoms. The Labute approximate surface area is 110 Å². The van der Waals surface area contributed by atoms with Crippen LogP contribution in [0, 0.1) is 0 Å². The SMILES string of the molecule is ICC/C=C/CCc1ccc2c(c1)OCO2. The van der Waals surface area contributed by atoms with E-state index in [1.165, 1.54) is 16.4 Å². The van der Waals surface area contributed by atoms with Crippen molar-refractivity contribution in [1.29, 1.82) is 0 Å². The standard InChI is InChI=1S/C13H15IO2/c14-8-4-2-1-3-5-11-6-7-12-13(9-11)16-10-15-12/h1-2,6-7,9H,3-5,8,10H2/b2-1+. The van der Waals surface area contributed by atoms with E-state index < -0.39 is 0 Å². The number of allylic oxidation sites excluding steroid dienone is 2. The molecule has 1 aliphatic heterocycles. The summed E-state index contributed by atoms with van der Waals surface area (Å²) < 4.78 is 11.8. The molecular weight excluding hydrogens is 315 g/mol. The molecule has 0 N–H and O–H groups in total. The van der Waals surface area contributed by atoms with E-state index >= 15 is 0 Å². The summed E-state index contributed by atoms with van der Waals surface area (Å²) in [4.78, 5) is 0. The van der Waals surface area contributed by atoms with Crippen LogP contribution in [0.25, 0.3) is 0 Å². The first-order valence-electron chi connectivity index (χ1n) is 5.49. The van der Waals surface area contributed by atoms with Crippen molar-refractivity contribution in [3.05, 3.63) is 35.9 Å². The normalized spacial score (nSPS) is 13.6. The number of hydrogen-bond acceptors (Lipinski definition) is 2. The van der Waals surface area contributed by atoms with Crippen molar-refractivity contribution in [3.8, 4) is 11.5 Å². The largest absolute Gasteiger partial charge is 0.454 e. The van der Waals surface area contributed by atoms with Crippen LogP contribution in [0.4, 0.5) is 0 Å². The van der Waals surface area contributed by atoms with Crippen LogP contribution in [0.15, 0.2) is 30.4 Å². The van der Waals surface area contributed by atoms with Gasteiger partial charge in [0.1, 0.15) is 0 Å². The number of fused-ring (bicyclic) bond motifs is 1. The first kappa shape index (κ1) is 11.8. The molecule has 1 aromatic carbocycles. The van der Waals surface area contributed by atoms with Gasteiger partial charge < -0.3 is 9.47 Å². The van der Waals surface area contributed by atoms with E-state index in [9.17, 15) is 0 Å². The monoisotopic (exact) mass is 330 g/mol. The number of aryl methyl sites for hydroxylation is 1. The third-order valence-electron chi connectivity index (χ3n) is 2.48. The Morgan fingerprint density at radius 2 is 1.94 bits per heavy atom. The maximum atomic E-state index is 5.34. The zero-order valence-electron chi connectivity index (χ0n) is 9.12. The molecular formula is C13H15IO2. The molecule has 2 nitrogen and oxygen atoms in total. The Balaban J connectivity index is 1.86. The van der Waals surface area contributed by atoms with Crippen molar-refractivity contribution >= 4 is 22.6 Å². The van der Waals surface area contributed by atoms with Gasteiger partial charge in [0.05, 0.1) is 0 Å². The van der Waals surface area contributed by atoms with Crippen LogP contribution < -0.4 is 9.47 Å². The van der Waals surface area contributed by atoms with Crippen molar-refractivity contribution < 1.29 is 9.47 Å². The Hall–Kier alpha value is -0.710. The van der Waals surface area contributed by atoms with Crippen LogP contribution in [0.1, 0.15) is 18.4 Å². The van der Waals surface area contributed by atoms with Gasteiger partial charge in [-0.25, -0.2) is 0 Å². The summed E-state index contributed by atoms with van der Waals surface area (Å²) in [5.74, 6) is 1.75. The molecule has 0 aromatic heterocycles. The van der Waals surface area contributed by atoms with Gasteiger partial charge in [0, 0.05) is 4.43 Å². The van der Waals surface area contributed by atoms with Crippen molar-refractivity contribution in [2.45, 2.75) is 19.3 Å². The number of benzene rings is 1. The molecule has 0 spiro atoms. The topological polar surface area (TPSA) is 18.5 Å². The van der Waals surface area contributed by atoms with E-state index in [1.807, 2.05) is 6.07 Å². The van der Waals surface area contributed by atoms with E-state index in [2.05, 4.69) is 46.9 Å². The van der Waals surface area contributed by atoms with Crippen LogP contribution in [0.3, 0.4) is 0 Å². The highest BCUT2D eigenvalue weighted by atomic mass is 127. The molecule has 0 saturated heterocycles. The van der Waals surface area contributed by atoms with E-state index in [1.54, 1.807) is 0 Å². The van der Waals surface area contributed by atoms with Gasteiger partial charge in [-0.3, -0.25) is 0 Å². The summed E-state index contributed by atoms with van der Waals surface area (Å²) in [6, 6.07) is 6.18. The Bertz CT molecular complexity index is 374. The van der Waals surface area contributed by atoms with Crippen LogP contribution >= 0.6 is 22.6 Å². The predicted molar refractivity (Wildman–Crippen MR) is 73.5 cm³/mol. The third-order valence-corrected chi connectivity index (χ3v) is 3.10. The molecule has 0 atom stereocenters. The molecule has 16 heavy (non-hydrogen) atoms. The van der Waals surface area contributed by atoms with E-state index in [0.717, 1.165) is 24.3 Å². The highest BCUT2D eigenvalue weighted by Crippen LogP contribution is 2.32. The summed E-state index contributed by atoms with van der Waals surface area (Å²) in [5.41, 5.74) is 1.31. The van der Waals surface area contributed by atoms with Gasteiger partial charge in [0.2, 0.25) is 6.79 Å². The number of halogens is 1. The molecule has 1 heterocycles. The van der Waals surface area contributed by atoms with Crippen molar-refractivity contribution in [3.63, 3.8) is 0 Å². The lowest BCUT2D eigenvalue weighted by atomic mass is 10.1. The maximum Gasteiger partial charge on any atom is 0.231 e. The first-order valence-corrected chi connectivity index (χ1v) is 7.02. The number of alkyl halides is 1. The van der Waals surface area contributed by atoms with Crippen LogP contribution in [-0.4, -0.2) is 11.2 Å². The molecule has 0 aliphatic carbocycles. The van der Waals surface area contributed by atoms with Gasteiger partial charge in [-0.05, 0) is 37.0 Å². The number of rotatable bonds is 5. The van der Waals surface area contributed by atoms with Gasteiger partial charge in [-0.1, -0.05) is 40.8 Å². The lowest BCUT2D eigenvalue weighted by Gasteiger charge is -2.00. The average Bonchev–Trinajstić information content (AvgIpc) is 2.76. The maximum absolute atomic E-state index is 5.34. The Morgan fingerprint density at radius 3 is 2.81 bits per heavy atom. The zero-order chi connectivity index (χ0) is 11.2. The molecule has 0 radical (unpaired) electrons. The fourth-order valence-corrected chi connectivity index (χ4v) is 2.00. The molecule has 86 valence electrons. The quantitative estimate of drug-likeness (QED) is 0.465. The second-order valence-corrected chi connectivity index (χ2v) is 4.75. The lowest BCUT2D eigenvalue weighted by molar-refractivity contribution is 0.174. The van der Waals surface area contributed by atoms with E-state index in [4.69, 9.17) is 9.47 Å². The number of hydrogen-bond donors (Lipinski definition) is 0. The summed E-state index contributed by atoms with van der Waals surface area (Å²) in [7, 11) is 0. The third kappa shape index (κ3) is 3.14. The summed E-state index contributed by atoms with van der Waals surface area (Å²) >= 11 is 2.39. The summed E-state index contributed by atoms with van der Waals surface area (Å²) in [6.07, 6.45) is 7.83. The lowest BCUT2D eigenvalue weighted by Crippen LogP contribution is -1.92. The van der Waals surface area contributed by atoms with Gasteiger partial charge in [0.15, 0.2) is 11.5 Å². The molecule has 0 bridgehead atoms. The van der Waals surface area contributed by atoms with Gasteiger partial charge >= 0.3 is 0 Å². The van der Waals surface area contributed by atoms with Crippen molar-refractivity contribution in [2.75, 3.05) is 11.2 Å². The minimum absolute atomic E-state index is 0.356. The van der Waals surface area contributed by atoms with E-state index in [0.29, 0.717) is 6.79 Å². The second-order valence-electron chi connectivity index (χ2n) is 3.68. The summed E-state index contributed by atoms with van der Waals surface area (Å²) in [6.45, 7) is 0.356. The Morgan fingerprint density at radius 1 is 1.12 bits per heavy atom. The van der Waals surface area contributed by atoms with E-state index in [-0.39, 0.29) is 0 Å². The van der Waals surface area contributed by atoms with Crippen molar-refractivity contribution in [2.24, 2.45) is 0 Å². The van der Waals surface area contributed by atoms with Gasteiger partial charge in [0.25, 0.3) is 0 Å². The number of ether oxygens (including phenoxy) is 2. The molecule has 0 unspecified atom stereocenters. The smallest absolute Gasteiger partial charge is 0.231 e. The average molecular weight is 330 g/mol. The molecule has 1 aliphatic rings. The molecule has 0 fully saturated rings. The zero-order valence-corrected chi connectivity index (χ0v) is 11.3. The Kier molecular flexibility index (Phi) is 4.51. The fraction of sp³-hybridized carbons (Fsp3) is 0.385. The second kappa shape index (κ2) is 6.13. The van der Waals surface area contributed by atoms with Gasteiger partial charge in [-0.2, -0.15) is 0 Å². The van der Waals surface area contributed by atoms with Crippen molar-refractivity contribution in [1.82, 2.24) is 0 Å². The molecule has 0 amide bonds. The molecule has 0 saturated carbocycles. The highest BCUT2D eigenvalue weighted by Gasteiger charge is 2.12. The summed E-state index contributed by atoms with van der Waals surface area (Å²) in [5, 5.41) is 0. The fourth-order valence-electron chi connectivity index (χ4n) is 1.65. The minimum Gasteiger partial charge on any atom is -0.454 e. The van der Waals surface area contributed by atoms with Crippen LogP contribution in [0.5, 0.6) is 11.5 Å². The van der Waals surface area contributed by atoms with Crippen LogP contribution in [-0.2, 0) is 6.42 Å². The first-order chi connectivity index (χ1) is 7.90. The predicted octanol–water partition coefficient (Wildman–Crippen LogP) is 3.73. The minimum atomic E-state index is 0.356. The highest BCUT2D eigenvalue weighted by molar-refractivity contribution is 14.1.